The molecule has 5 heteroatoms. The fourth-order valence-electron chi connectivity index (χ4n) is 1.55. The molecular weight excluding hydrogens is 244 g/mol. The Hall–Kier alpha value is -1.62. The largest absolute Gasteiger partial charge is 0.478 e. The Balaban J connectivity index is 2.85. The van der Waals surface area contributed by atoms with Crippen LogP contribution >= 0.6 is 0 Å². The molecule has 0 unspecified atom stereocenters. The molecule has 0 aliphatic carbocycles. The molecule has 1 aromatic rings. The number of nitrogens with one attached hydrogen (secondary N) is 1. The average molecular weight is 266 g/mol. The van der Waals surface area contributed by atoms with Crippen molar-refractivity contribution in [2.24, 2.45) is 0 Å². The number of anilines is 1. The summed E-state index contributed by atoms with van der Waals surface area (Å²) in [5.41, 5.74) is 0.560. The number of nitrogens with zero attached hydrogens (tertiary/aromatic N) is 1. The molecule has 1 atom stereocenters. The molecule has 1 N–H and O–H groups in total. The third-order valence-corrected chi connectivity index (χ3v) is 3.21. The van der Waals surface area contributed by atoms with Crippen molar-refractivity contribution in [2.75, 3.05) is 19.0 Å². The lowest BCUT2D eigenvalue weighted by Crippen LogP contribution is -2.41. The van der Waals surface area contributed by atoms with Crippen LogP contribution in [0.5, 0.6) is 5.88 Å². The predicted octanol–water partition coefficient (Wildman–Crippen LogP) is 2.54. The summed E-state index contributed by atoms with van der Waals surface area (Å²) in [4.78, 5) is 16.4. The number of methoxy groups -OCH3 is 1. The number of hydrogen-bond acceptors (Lipinski definition) is 4. The van der Waals surface area contributed by atoms with Crippen molar-refractivity contribution in [2.45, 2.75) is 39.7 Å². The second-order valence-corrected chi connectivity index (χ2v) is 4.46. The summed E-state index contributed by atoms with van der Waals surface area (Å²) in [6, 6.07) is 3.53. The van der Waals surface area contributed by atoms with Crippen LogP contribution in [0.1, 0.15) is 32.9 Å². The average Bonchev–Trinajstić information content (AvgIpc) is 2.41. The Labute approximate surface area is 114 Å². The van der Waals surface area contributed by atoms with Crippen molar-refractivity contribution in [1.82, 2.24) is 4.98 Å². The fraction of sp³-hybridized carbons (Fsp3) is 0.571. The molecule has 0 radical (unpaired) electrons. The molecule has 1 rings (SSSR count). The third-order valence-electron chi connectivity index (χ3n) is 3.21. The first-order chi connectivity index (χ1) is 8.96. The van der Waals surface area contributed by atoms with E-state index in [2.05, 4.69) is 10.3 Å². The number of amides is 1. The van der Waals surface area contributed by atoms with E-state index in [1.54, 1.807) is 19.1 Å². The van der Waals surface area contributed by atoms with Gasteiger partial charge in [0.05, 0.1) is 18.0 Å². The SMILES string of the molecule is CCOc1ccc(NC(=O)[C@](C)(CC)OC)c(C)n1. The van der Waals surface area contributed by atoms with E-state index in [1.165, 1.54) is 7.11 Å². The van der Waals surface area contributed by atoms with Crippen molar-refractivity contribution in [3.8, 4) is 5.88 Å². The second kappa shape index (κ2) is 6.52. The van der Waals surface area contributed by atoms with E-state index in [0.29, 0.717) is 30.3 Å². The van der Waals surface area contributed by atoms with Crippen LogP contribution in [0.25, 0.3) is 0 Å². The van der Waals surface area contributed by atoms with Gasteiger partial charge < -0.3 is 14.8 Å². The van der Waals surface area contributed by atoms with Crippen molar-refractivity contribution >= 4 is 11.6 Å². The number of carbonyl (C=O) groups is 1. The number of hydrogen-bond donors (Lipinski definition) is 1. The van der Waals surface area contributed by atoms with Gasteiger partial charge >= 0.3 is 0 Å². The Bertz CT molecular complexity index is 442. The number of carbonyl (C=O) groups excluding carboxylic acids is 1. The first kappa shape index (κ1) is 15.4. The summed E-state index contributed by atoms with van der Waals surface area (Å²) in [5, 5.41) is 2.84. The number of rotatable bonds is 6. The standard InChI is InChI=1S/C14H22N2O3/c1-6-14(4,18-5)13(17)16-11-8-9-12(19-7-2)15-10(11)3/h8-9H,6-7H2,1-5H3,(H,16,17)/t14-/m0/s1. The van der Waals surface area contributed by atoms with E-state index in [-0.39, 0.29) is 5.91 Å². The summed E-state index contributed by atoms with van der Waals surface area (Å²) >= 11 is 0. The van der Waals surface area contributed by atoms with E-state index in [0.717, 1.165) is 0 Å². The Morgan fingerprint density at radius 3 is 2.58 bits per heavy atom. The van der Waals surface area contributed by atoms with Gasteiger partial charge in [-0.05, 0) is 33.3 Å². The van der Waals surface area contributed by atoms with Crippen LogP contribution in [0.2, 0.25) is 0 Å². The van der Waals surface area contributed by atoms with Gasteiger partial charge in [-0.25, -0.2) is 4.98 Å². The minimum Gasteiger partial charge on any atom is -0.478 e. The van der Waals surface area contributed by atoms with Crippen molar-refractivity contribution in [3.63, 3.8) is 0 Å². The van der Waals surface area contributed by atoms with Gasteiger partial charge in [-0.3, -0.25) is 4.79 Å². The topological polar surface area (TPSA) is 60.5 Å². The van der Waals surface area contributed by atoms with Gasteiger partial charge in [0.25, 0.3) is 5.91 Å². The number of ether oxygens (including phenoxy) is 2. The highest BCUT2D eigenvalue weighted by Crippen LogP contribution is 2.21. The molecule has 0 spiro atoms. The summed E-state index contributed by atoms with van der Waals surface area (Å²) in [7, 11) is 1.53. The molecule has 1 aromatic heterocycles. The molecule has 19 heavy (non-hydrogen) atoms. The van der Waals surface area contributed by atoms with Crippen LogP contribution in [0, 0.1) is 6.92 Å². The molecular formula is C14H22N2O3. The quantitative estimate of drug-likeness (QED) is 0.859. The minimum absolute atomic E-state index is 0.174. The molecule has 0 saturated heterocycles. The summed E-state index contributed by atoms with van der Waals surface area (Å²) < 4.78 is 10.6. The number of pyridine rings is 1. The predicted molar refractivity (Wildman–Crippen MR) is 74.5 cm³/mol. The maximum atomic E-state index is 12.2. The highest BCUT2D eigenvalue weighted by atomic mass is 16.5. The number of aromatic nitrogens is 1. The molecule has 1 heterocycles. The third kappa shape index (κ3) is 3.67. The fourth-order valence-corrected chi connectivity index (χ4v) is 1.55. The highest BCUT2D eigenvalue weighted by Gasteiger charge is 2.31. The zero-order chi connectivity index (χ0) is 14.5. The number of aryl methyl sites for hydroxylation is 1. The van der Waals surface area contributed by atoms with Gasteiger partial charge in [-0.2, -0.15) is 0 Å². The zero-order valence-electron chi connectivity index (χ0n) is 12.2. The smallest absolute Gasteiger partial charge is 0.256 e. The van der Waals surface area contributed by atoms with Crippen LogP contribution in [0.15, 0.2) is 12.1 Å². The van der Waals surface area contributed by atoms with E-state index >= 15 is 0 Å². The molecule has 1 amide bonds. The Morgan fingerprint density at radius 1 is 1.42 bits per heavy atom. The van der Waals surface area contributed by atoms with Gasteiger partial charge in [0.1, 0.15) is 5.60 Å². The van der Waals surface area contributed by atoms with Crippen molar-refractivity contribution in [1.29, 1.82) is 0 Å². The van der Waals surface area contributed by atoms with E-state index < -0.39 is 5.60 Å². The van der Waals surface area contributed by atoms with Crippen LogP contribution in [0.4, 0.5) is 5.69 Å². The molecule has 106 valence electrons. The summed E-state index contributed by atoms with van der Waals surface area (Å²) in [6.45, 7) is 7.97. The summed E-state index contributed by atoms with van der Waals surface area (Å²) in [5.74, 6) is 0.384. The van der Waals surface area contributed by atoms with Gasteiger partial charge in [0.15, 0.2) is 0 Å². The van der Waals surface area contributed by atoms with E-state index in [9.17, 15) is 4.79 Å². The molecule has 0 aromatic carbocycles. The highest BCUT2D eigenvalue weighted by molar-refractivity contribution is 5.97. The lowest BCUT2D eigenvalue weighted by Gasteiger charge is -2.25. The lowest BCUT2D eigenvalue weighted by molar-refractivity contribution is -0.136. The van der Waals surface area contributed by atoms with E-state index in [1.807, 2.05) is 20.8 Å². The van der Waals surface area contributed by atoms with Gasteiger partial charge in [0, 0.05) is 13.2 Å². The maximum Gasteiger partial charge on any atom is 0.256 e. The van der Waals surface area contributed by atoms with Crippen molar-refractivity contribution in [3.05, 3.63) is 17.8 Å². The Morgan fingerprint density at radius 2 is 2.11 bits per heavy atom. The lowest BCUT2D eigenvalue weighted by atomic mass is 10.0. The molecule has 0 bridgehead atoms. The zero-order valence-corrected chi connectivity index (χ0v) is 12.2. The molecule has 0 aliphatic rings. The van der Waals surface area contributed by atoms with Gasteiger partial charge in [-0.1, -0.05) is 6.92 Å². The van der Waals surface area contributed by atoms with Crippen molar-refractivity contribution < 1.29 is 14.3 Å². The molecule has 0 aliphatic heterocycles. The summed E-state index contributed by atoms with van der Waals surface area (Å²) in [6.07, 6.45) is 0.596. The minimum atomic E-state index is -0.828. The normalized spacial score (nSPS) is 13.7. The first-order valence-corrected chi connectivity index (χ1v) is 6.43. The molecule has 0 fully saturated rings. The molecule has 0 saturated carbocycles. The van der Waals surface area contributed by atoms with Crippen LogP contribution in [-0.2, 0) is 9.53 Å². The van der Waals surface area contributed by atoms with Gasteiger partial charge in [-0.15, -0.1) is 0 Å². The van der Waals surface area contributed by atoms with Crippen LogP contribution in [0.3, 0.4) is 0 Å². The molecule has 5 nitrogen and oxygen atoms in total. The monoisotopic (exact) mass is 266 g/mol. The second-order valence-electron chi connectivity index (χ2n) is 4.46. The van der Waals surface area contributed by atoms with E-state index in [4.69, 9.17) is 9.47 Å². The Kier molecular flexibility index (Phi) is 5.30. The maximum absolute atomic E-state index is 12.2. The first-order valence-electron chi connectivity index (χ1n) is 6.43. The van der Waals surface area contributed by atoms with Crippen LogP contribution < -0.4 is 10.1 Å². The van der Waals surface area contributed by atoms with Crippen LogP contribution in [-0.4, -0.2) is 30.2 Å². The van der Waals surface area contributed by atoms with Gasteiger partial charge in [0.2, 0.25) is 5.88 Å².